The lowest BCUT2D eigenvalue weighted by molar-refractivity contribution is 0.210. The third-order valence-electron chi connectivity index (χ3n) is 3.78. The van der Waals surface area contributed by atoms with Crippen molar-refractivity contribution in [3.8, 4) is 11.5 Å². The molecule has 102 valence electrons. The summed E-state index contributed by atoms with van der Waals surface area (Å²) in [6.45, 7) is 9.77. The first kappa shape index (κ1) is 13.9. The number of rotatable bonds is 4. The predicted molar refractivity (Wildman–Crippen MR) is 79.3 cm³/mol. The minimum atomic E-state index is 0.144. The molecule has 0 aliphatic carbocycles. The van der Waals surface area contributed by atoms with Gasteiger partial charge in [0.05, 0.1) is 0 Å². The number of pyridine rings is 1. The second-order valence-electron chi connectivity index (χ2n) is 5.80. The number of aromatic amines is 1. The van der Waals surface area contributed by atoms with Crippen molar-refractivity contribution in [2.24, 2.45) is 11.3 Å². The Morgan fingerprint density at radius 3 is 2.68 bits per heavy atom. The number of hydrogen-bond acceptors (Lipinski definition) is 3. The van der Waals surface area contributed by atoms with E-state index >= 15 is 0 Å². The smallest absolute Gasteiger partial charge is 0.195 e. The molecule has 2 aromatic rings. The van der Waals surface area contributed by atoms with Crippen LogP contribution in [0.5, 0.6) is 0 Å². The molecule has 0 aliphatic heterocycles. The van der Waals surface area contributed by atoms with Gasteiger partial charge in [-0.05, 0) is 35.7 Å². The maximum Gasteiger partial charge on any atom is 0.195 e. The van der Waals surface area contributed by atoms with E-state index < -0.39 is 0 Å². The average Bonchev–Trinajstić information content (AvgIpc) is 2.71. The SMILES string of the molecule is CC(C)C(C)(C)Cn1c(-c2ccccn2)n[nH]c1=S. The molecule has 0 aromatic carbocycles. The van der Waals surface area contributed by atoms with Crippen LogP contribution in [-0.4, -0.2) is 19.7 Å². The maximum atomic E-state index is 5.34. The number of hydrogen-bond donors (Lipinski definition) is 1. The van der Waals surface area contributed by atoms with Crippen molar-refractivity contribution in [1.82, 2.24) is 19.7 Å². The van der Waals surface area contributed by atoms with Crippen LogP contribution in [0, 0.1) is 16.1 Å². The van der Waals surface area contributed by atoms with Gasteiger partial charge in [-0.1, -0.05) is 33.8 Å². The van der Waals surface area contributed by atoms with Crippen LogP contribution in [-0.2, 0) is 6.54 Å². The lowest BCUT2D eigenvalue weighted by atomic mass is 9.81. The van der Waals surface area contributed by atoms with Crippen LogP contribution in [0.4, 0.5) is 0 Å². The highest BCUT2D eigenvalue weighted by molar-refractivity contribution is 7.71. The zero-order valence-corrected chi connectivity index (χ0v) is 12.7. The first-order valence-electron chi connectivity index (χ1n) is 6.48. The molecule has 0 unspecified atom stereocenters. The third kappa shape index (κ3) is 2.92. The molecule has 0 radical (unpaired) electrons. The minimum absolute atomic E-state index is 0.144. The van der Waals surface area contributed by atoms with E-state index in [1.807, 2.05) is 22.8 Å². The predicted octanol–water partition coefficient (Wildman–Crippen LogP) is 3.68. The molecule has 2 rings (SSSR count). The Morgan fingerprint density at radius 2 is 2.11 bits per heavy atom. The Balaban J connectivity index is 2.42. The molecule has 19 heavy (non-hydrogen) atoms. The Bertz CT molecular complexity index is 595. The fourth-order valence-corrected chi connectivity index (χ4v) is 1.94. The summed E-state index contributed by atoms with van der Waals surface area (Å²) >= 11 is 5.34. The van der Waals surface area contributed by atoms with E-state index in [0.29, 0.717) is 10.7 Å². The number of H-pyrrole nitrogens is 1. The van der Waals surface area contributed by atoms with Gasteiger partial charge in [-0.15, -0.1) is 0 Å². The first-order valence-corrected chi connectivity index (χ1v) is 6.89. The van der Waals surface area contributed by atoms with Crippen LogP contribution < -0.4 is 0 Å². The van der Waals surface area contributed by atoms with E-state index in [1.54, 1.807) is 6.20 Å². The average molecular weight is 276 g/mol. The molecule has 0 bridgehead atoms. The fourth-order valence-electron chi connectivity index (χ4n) is 1.75. The molecular weight excluding hydrogens is 256 g/mol. The molecule has 0 saturated heterocycles. The molecule has 0 fully saturated rings. The molecule has 0 atom stereocenters. The molecule has 0 aliphatic rings. The van der Waals surface area contributed by atoms with Crippen molar-refractivity contribution in [3.63, 3.8) is 0 Å². The molecule has 2 heterocycles. The monoisotopic (exact) mass is 276 g/mol. The highest BCUT2D eigenvalue weighted by Crippen LogP contribution is 2.29. The molecule has 0 spiro atoms. The summed E-state index contributed by atoms with van der Waals surface area (Å²) in [6.07, 6.45) is 1.77. The zero-order valence-electron chi connectivity index (χ0n) is 11.8. The van der Waals surface area contributed by atoms with Crippen LogP contribution in [0.15, 0.2) is 24.4 Å². The van der Waals surface area contributed by atoms with Crippen LogP contribution in [0.3, 0.4) is 0 Å². The fraction of sp³-hybridized carbons (Fsp3) is 0.500. The van der Waals surface area contributed by atoms with Crippen LogP contribution in [0.2, 0.25) is 0 Å². The second kappa shape index (κ2) is 5.25. The zero-order chi connectivity index (χ0) is 14.0. The van der Waals surface area contributed by atoms with Gasteiger partial charge in [0, 0.05) is 12.7 Å². The van der Waals surface area contributed by atoms with Crippen molar-refractivity contribution in [2.45, 2.75) is 34.2 Å². The normalized spacial score (nSPS) is 12.1. The van der Waals surface area contributed by atoms with Gasteiger partial charge in [0.15, 0.2) is 10.6 Å². The standard InChI is InChI=1S/C14H20N4S/c1-10(2)14(3,4)9-18-12(16-17-13(18)19)11-7-5-6-8-15-11/h5-8,10H,9H2,1-4H3,(H,17,19). The van der Waals surface area contributed by atoms with Gasteiger partial charge in [0.1, 0.15) is 5.69 Å². The summed E-state index contributed by atoms with van der Waals surface area (Å²) in [5, 5.41) is 7.19. The van der Waals surface area contributed by atoms with Crippen LogP contribution in [0.1, 0.15) is 27.7 Å². The van der Waals surface area contributed by atoms with Crippen molar-refractivity contribution in [1.29, 1.82) is 0 Å². The second-order valence-corrected chi connectivity index (χ2v) is 6.18. The van der Waals surface area contributed by atoms with Gasteiger partial charge in [-0.3, -0.25) is 14.6 Å². The number of nitrogens with one attached hydrogen (secondary N) is 1. The quantitative estimate of drug-likeness (QED) is 0.866. The number of nitrogens with zero attached hydrogens (tertiary/aromatic N) is 3. The minimum Gasteiger partial charge on any atom is -0.298 e. The molecule has 4 nitrogen and oxygen atoms in total. The van der Waals surface area contributed by atoms with Gasteiger partial charge in [-0.2, -0.15) is 5.10 Å². The Kier molecular flexibility index (Phi) is 3.85. The summed E-state index contributed by atoms with van der Waals surface area (Å²) < 4.78 is 2.69. The molecule has 1 N–H and O–H groups in total. The lowest BCUT2D eigenvalue weighted by Gasteiger charge is -2.29. The van der Waals surface area contributed by atoms with E-state index in [4.69, 9.17) is 12.2 Å². The number of aromatic nitrogens is 4. The first-order chi connectivity index (χ1) is 8.92. The third-order valence-corrected chi connectivity index (χ3v) is 4.09. The highest BCUT2D eigenvalue weighted by Gasteiger charge is 2.25. The Labute approximate surface area is 118 Å². The highest BCUT2D eigenvalue weighted by atomic mass is 32.1. The summed E-state index contributed by atoms with van der Waals surface area (Å²) in [6, 6.07) is 5.80. The summed E-state index contributed by atoms with van der Waals surface area (Å²) in [5.74, 6) is 1.36. The van der Waals surface area contributed by atoms with E-state index in [2.05, 4.69) is 42.9 Å². The molecule has 0 amide bonds. The topological polar surface area (TPSA) is 46.5 Å². The van der Waals surface area contributed by atoms with E-state index in [-0.39, 0.29) is 5.41 Å². The van der Waals surface area contributed by atoms with Crippen LogP contribution in [0.25, 0.3) is 11.5 Å². The van der Waals surface area contributed by atoms with Crippen molar-refractivity contribution in [3.05, 3.63) is 29.2 Å². The van der Waals surface area contributed by atoms with Crippen LogP contribution >= 0.6 is 12.2 Å². The van der Waals surface area contributed by atoms with E-state index in [1.165, 1.54) is 0 Å². The van der Waals surface area contributed by atoms with Gasteiger partial charge in [-0.25, -0.2) is 0 Å². The lowest BCUT2D eigenvalue weighted by Crippen LogP contribution is -2.26. The van der Waals surface area contributed by atoms with Gasteiger partial charge in [0.2, 0.25) is 0 Å². The summed E-state index contributed by atoms with van der Waals surface area (Å²) in [5.41, 5.74) is 0.987. The molecule has 5 heteroatoms. The molecule has 2 aromatic heterocycles. The Morgan fingerprint density at radius 1 is 1.37 bits per heavy atom. The maximum absolute atomic E-state index is 5.34. The van der Waals surface area contributed by atoms with Crippen molar-refractivity contribution >= 4 is 12.2 Å². The van der Waals surface area contributed by atoms with E-state index in [9.17, 15) is 0 Å². The van der Waals surface area contributed by atoms with Gasteiger partial charge >= 0.3 is 0 Å². The van der Waals surface area contributed by atoms with Gasteiger partial charge in [0.25, 0.3) is 0 Å². The summed E-state index contributed by atoms with van der Waals surface area (Å²) in [4.78, 5) is 4.35. The Hall–Kier alpha value is -1.49. The molecule has 0 saturated carbocycles. The van der Waals surface area contributed by atoms with E-state index in [0.717, 1.165) is 18.1 Å². The van der Waals surface area contributed by atoms with Gasteiger partial charge < -0.3 is 0 Å². The van der Waals surface area contributed by atoms with Crippen molar-refractivity contribution in [2.75, 3.05) is 0 Å². The summed E-state index contributed by atoms with van der Waals surface area (Å²) in [7, 11) is 0. The van der Waals surface area contributed by atoms with Crippen molar-refractivity contribution < 1.29 is 0 Å². The largest absolute Gasteiger partial charge is 0.298 e. The molecular formula is C14H20N4S.